The number of nitrogens with zero attached hydrogens (tertiary/aromatic N) is 2. The van der Waals surface area contributed by atoms with Crippen molar-refractivity contribution in [2.75, 3.05) is 18.4 Å². The van der Waals surface area contributed by atoms with E-state index in [9.17, 15) is 0 Å². The lowest BCUT2D eigenvalue weighted by Gasteiger charge is -2.06. The van der Waals surface area contributed by atoms with Gasteiger partial charge in [0.2, 0.25) is 0 Å². The Morgan fingerprint density at radius 1 is 0.889 bits per heavy atom. The highest BCUT2D eigenvalue weighted by Gasteiger charge is 2.10. The predicted octanol–water partition coefficient (Wildman–Crippen LogP) is 4.32. The summed E-state index contributed by atoms with van der Waals surface area (Å²) in [4.78, 5) is 12.2. The first-order chi connectivity index (χ1) is 13.3. The number of H-pyrrole nitrogens is 1. The Morgan fingerprint density at radius 3 is 2.56 bits per heavy atom. The number of aromatic amines is 1. The van der Waals surface area contributed by atoms with Gasteiger partial charge in [-0.1, -0.05) is 24.3 Å². The van der Waals surface area contributed by atoms with E-state index in [0.29, 0.717) is 0 Å². The minimum absolute atomic E-state index is 0.850. The van der Waals surface area contributed by atoms with Gasteiger partial charge in [0.15, 0.2) is 0 Å². The molecule has 2 aromatic heterocycles. The monoisotopic (exact) mass is 353 g/mol. The lowest BCUT2D eigenvalue weighted by atomic mass is 10.1. The molecule has 0 saturated heterocycles. The minimum Gasteiger partial charge on any atom is -0.368 e. The van der Waals surface area contributed by atoms with Crippen LogP contribution in [0, 0.1) is 0 Å². The number of rotatable bonds is 4. The topological polar surface area (TPSA) is 65.1 Å². The second-order valence-electron chi connectivity index (χ2n) is 6.59. The summed E-state index contributed by atoms with van der Waals surface area (Å²) < 4.78 is 0. The van der Waals surface area contributed by atoms with Crippen LogP contribution in [0.3, 0.4) is 0 Å². The maximum atomic E-state index is 4.50. The van der Waals surface area contributed by atoms with Gasteiger partial charge in [-0.2, -0.15) is 0 Å². The number of nitrogens with one attached hydrogen (secondary N) is 3. The van der Waals surface area contributed by atoms with Crippen molar-refractivity contribution in [3.05, 3.63) is 78.6 Å². The smallest absolute Gasteiger partial charge is 0.128 e. The first-order valence-electron chi connectivity index (χ1n) is 9.04. The van der Waals surface area contributed by atoms with E-state index in [1.807, 2.05) is 18.3 Å². The molecule has 0 amide bonds. The van der Waals surface area contributed by atoms with E-state index >= 15 is 0 Å². The molecule has 0 aliphatic carbocycles. The Bertz CT molecular complexity index is 1110. The van der Waals surface area contributed by atoms with E-state index in [1.54, 1.807) is 6.20 Å². The van der Waals surface area contributed by atoms with Crippen LogP contribution < -0.4 is 10.6 Å². The molecule has 0 fully saturated rings. The Labute approximate surface area is 157 Å². The third kappa shape index (κ3) is 3.15. The Hall–Kier alpha value is -3.60. The van der Waals surface area contributed by atoms with Gasteiger partial charge in [0.25, 0.3) is 0 Å². The fraction of sp³-hybridized carbons (Fsp3) is 0.0909. The molecule has 0 atom stereocenters. The van der Waals surface area contributed by atoms with Gasteiger partial charge in [0.1, 0.15) is 5.84 Å². The maximum absolute atomic E-state index is 4.50. The summed E-state index contributed by atoms with van der Waals surface area (Å²) in [7, 11) is 0. The van der Waals surface area contributed by atoms with Crippen LogP contribution in [0.4, 0.5) is 11.4 Å². The normalized spacial score (nSPS) is 13.4. The van der Waals surface area contributed by atoms with Crippen molar-refractivity contribution < 1.29 is 0 Å². The molecule has 0 bridgehead atoms. The van der Waals surface area contributed by atoms with Crippen LogP contribution in [0.25, 0.3) is 22.2 Å². The molecule has 5 rings (SSSR count). The zero-order valence-electron chi connectivity index (χ0n) is 14.7. The lowest BCUT2D eigenvalue weighted by Crippen LogP contribution is -2.19. The Morgan fingerprint density at radius 2 is 1.78 bits per heavy atom. The van der Waals surface area contributed by atoms with Crippen molar-refractivity contribution in [3.8, 4) is 11.3 Å². The quantitative estimate of drug-likeness (QED) is 0.512. The summed E-state index contributed by atoms with van der Waals surface area (Å²) in [6.45, 7) is 1.77. The number of aliphatic imine (C=N–C) groups is 1. The molecule has 2 aromatic carbocycles. The minimum atomic E-state index is 0.850. The van der Waals surface area contributed by atoms with Crippen LogP contribution in [0.2, 0.25) is 0 Å². The fourth-order valence-corrected chi connectivity index (χ4v) is 3.36. The van der Waals surface area contributed by atoms with Crippen LogP contribution >= 0.6 is 0 Å². The number of fused-ring (bicyclic) bond motifs is 1. The summed E-state index contributed by atoms with van der Waals surface area (Å²) in [5, 5.41) is 7.88. The van der Waals surface area contributed by atoms with Crippen LogP contribution in [-0.2, 0) is 0 Å². The molecule has 0 radical (unpaired) electrons. The van der Waals surface area contributed by atoms with Crippen molar-refractivity contribution in [2.24, 2.45) is 4.99 Å². The molecule has 0 spiro atoms. The summed E-state index contributed by atoms with van der Waals surface area (Å²) in [5.74, 6) is 0.985. The summed E-state index contributed by atoms with van der Waals surface area (Å²) in [6, 6.07) is 20.9. The number of hydrogen-bond donors (Lipinski definition) is 3. The molecule has 4 aromatic rings. The molecular formula is C22H19N5. The highest BCUT2D eigenvalue weighted by atomic mass is 15.1. The zero-order valence-corrected chi connectivity index (χ0v) is 14.7. The van der Waals surface area contributed by atoms with Crippen molar-refractivity contribution in [2.45, 2.75) is 0 Å². The number of pyridine rings is 1. The largest absolute Gasteiger partial charge is 0.368 e. The summed E-state index contributed by atoms with van der Waals surface area (Å²) >= 11 is 0. The van der Waals surface area contributed by atoms with E-state index in [2.05, 4.69) is 74.1 Å². The first-order valence-corrected chi connectivity index (χ1v) is 9.04. The van der Waals surface area contributed by atoms with Gasteiger partial charge in [-0.05, 0) is 42.0 Å². The average Bonchev–Trinajstić information content (AvgIpc) is 3.39. The molecule has 3 N–H and O–H groups in total. The number of amidine groups is 1. The SMILES string of the molecule is c1cncc(Nc2ccc(-c3cc4ccc(C5=NCCN5)cc4[nH]3)cc2)c1. The molecule has 27 heavy (non-hydrogen) atoms. The second-order valence-corrected chi connectivity index (χ2v) is 6.59. The fourth-order valence-electron chi connectivity index (χ4n) is 3.36. The second kappa shape index (κ2) is 6.61. The molecule has 1 aliphatic heterocycles. The van der Waals surface area contributed by atoms with E-state index in [-0.39, 0.29) is 0 Å². The Kier molecular flexibility index (Phi) is 3.83. The molecule has 132 valence electrons. The predicted molar refractivity (Wildman–Crippen MR) is 111 cm³/mol. The summed E-state index contributed by atoms with van der Waals surface area (Å²) in [6.07, 6.45) is 3.58. The molecule has 0 saturated carbocycles. The van der Waals surface area contributed by atoms with Crippen molar-refractivity contribution in [1.29, 1.82) is 0 Å². The molecule has 5 nitrogen and oxygen atoms in total. The average molecular weight is 353 g/mol. The number of aromatic nitrogens is 2. The number of benzene rings is 2. The van der Waals surface area contributed by atoms with Gasteiger partial charge in [0.05, 0.1) is 18.4 Å². The van der Waals surface area contributed by atoms with Crippen LogP contribution in [-0.4, -0.2) is 28.9 Å². The van der Waals surface area contributed by atoms with Crippen LogP contribution in [0.5, 0.6) is 0 Å². The number of hydrogen-bond acceptors (Lipinski definition) is 4. The van der Waals surface area contributed by atoms with E-state index in [1.165, 1.54) is 5.39 Å². The van der Waals surface area contributed by atoms with Gasteiger partial charge in [0, 0.05) is 40.6 Å². The van der Waals surface area contributed by atoms with Gasteiger partial charge in [-0.25, -0.2) is 0 Å². The van der Waals surface area contributed by atoms with E-state index in [4.69, 9.17) is 0 Å². The maximum Gasteiger partial charge on any atom is 0.128 e. The highest BCUT2D eigenvalue weighted by Crippen LogP contribution is 2.27. The molecular weight excluding hydrogens is 334 g/mol. The van der Waals surface area contributed by atoms with Gasteiger partial charge in [-0.15, -0.1) is 0 Å². The van der Waals surface area contributed by atoms with Crippen molar-refractivity contribution in [3.63, 3.8) is 0 Å². The van der Waals surface area contributed by atoms with Gasteiger partial charge < -0.3 is 15.6 Å². The lowest BCUT2D eigenvalue weighted by molar-refractivity contribution is 0.960. The van der Waals surface area contributed by atoms with E-state index < -0.39 is 0 Å². The number of anilines is 2. The van der Waals surface area contributed by atoms with E-state index in [0.717, 1.165) is 52.6 Å². The standard InChI is InChI=1S/C22H19N5/c1-2-19(14-23-9-1)26-18-7-5-15(6-8-18)20-12-16-3-4-17(13-21(16)27-20)22-24-10-11-25-22/h1-9,12-14,26-27H,10-11H2,(H,24,25). The highest BCUT2D eigenvalue weighted by molar-refractivity contribution is 6.02. The van der Waals surface area contributed by atoms with Gasteiger partial charge in [-0.3, -0.25) is 9.98 Å². The molecule has 0 unspecified atom stereocenters. The molecule has 5 heteroatoms. The van der Waals surface area contributed by atoms with Crippen LogP contribution in [0.15, 0.2) is 78.0 Å². The molecule has 3 heterocycles. The summed E-state index contributed by atoms with van der Waals surface area (Å²) in [5.41, 5.74) is 6.53. The van der Waals surface area contributed by atoms with Gasteiger partial charge >= 0.3 is 0 Å². The van der Waals surface area contributed by atoms with Crippen molar-refractivity contribution in [1.82, 2.24) is 15.3 Å². The van der Waals surface area contributed by atoms with Crippen molar-refractivity contribution >= 4 is 28.1 Å². The Balaban J connectivity index is 1.41. The zero-order chi connectivity index (χ0) is 18.1. The first kappa shape index (κ1) is 15.6. The third-order valence-corrected chi connectivity index (χ3v) is 4.72. The molecule has 1 aliphatic rings. The third-order valence-electron chi connectivity index (χ3n) is 4.72. The van der Waals surface area contributed by atoms with Crippen LogP contribution in [0.1, 0.15) is 5.56 Å².